The van der Waals surface area contributed by atoms with Crippen LogP contribution in [0.5, 0.6) is 5.75 Å². The van der Waals surface area contributed by atoms with Gasteiger partial charge in [0, 0.05) is 16.1 Å². The molecule has 0 atom stereocenters. The number of halogens is 1. The molecule has 0 aliphatic carbocycles. The molecule has 4 rings (SSSR count). The van der Waals surface area contributed by atoms with Crippen molar-refractivity contribution in [1.29, 1.82) is 0 Å². The Balaban J connectivity index is 1.63. The summed E-state index contributed by atoms with van der Waals surface area (Å²) in [7, 11) is 1.61. The van der Waals surface area contributed by atoms with E-state index in [2.05, 4.69) is 31.3 Å². The van der Waals surface area contributed by atoms with Crippen LogP contribution in [0.25, 0.3) is 16.9 Å². The molecule has 9 heteroatoms. The van der Waals surface area contributed by atoms with E-state index < -0.39 is 5.69 Å². The summed E-state index contributed by atoms with van der Waals surface area (Å²) in [6.45, 7) is 3.48. The highest BCUT2D eigenvalue weighted by Gasteiger charge is 2.15. The summed E-state index contributed by atoms with van der Waals surface area (Å²) in [6.07, 6.45) is 0. The van der Waals surface area contributed by atoms with Gasteiger partial charge in [0.05, 0.1) is 18.5 Å². The third-order valence-corrected chi connectivity index (χ3v) is 5.47. The van der Waals surface area contributed by atoms with Crippen molar-refractivity contribution in [2.75, 3.05) is 12.4 Å². The van der Waals surface area contributed by atoms with Gasteiger partial charge in [-0.1, -0.05) is 6.07 Å². The maximum absolute atomic E-state index is 12.8. The van der Waals surface area contributed by atoms with Crippen LogP contribution in [-0.2, 0) is 11.3 Å². The van der Waals surface area contributed by atoms with Crippen molar-refractivity contribution in [3.05, 3.63) is 74.9 Å². The third kappa shape index (κ3) is 4.22. The third-order valence-electron chi connectivity index (χ3n) is 4.81. The number of nitrogens with zero attached hydrogens (tertiary/aromatic N) is 4. The number of hydrogen-bond donors (Lipinski definition) is 1. The van der Waals surface area contributed by atoms with Crippen LogP contribution in [0.1, 0.15) is 11.4 Å². The van der Waals surface area contributed by atoms with Crippen molar-refractivity contribution in [1.82, 2.24) is 19.2 Å². The molecule has 31 heavy (non-hydrogen) atoms. The molecule has 0 fully saturated rings. The minimum atomic E-state index is -0.417. The van der Waals surface area contributed by atoms with Crippen molar-refractivity contribution in [3.8, 4) is 17.0 Å². The number of aryl methyl sites for hydroxylation is 2. The average Bonchev–Trinajstić information content (AvgIpc) is 3.05. The molecule has 2 aromatic heterocycles. The summed E-state index contributed by atoms with van der Waals surface area (Å²) in [6, 6.07) is 14.8. The van der Waals surface area contributed by atoms with Crippen LogP contribution in [-0.4, -0.2) is 32.2 Å². The van der Waals surface area contributed by atoms with Gasteiger partial charge in [-0.3, -0.25) is 4.79 Å². The first-order chi connectivity index (χ1) is 14.9. The van der Waals surface area contributed by atoms with Gasteiger partial charge in [-0.05, 0) is 71.7 Å². The number of nitrogens with one attached hydrogen (secondary N) is 1. The molecule has 0 aliphatic heterocycles. The number of methoxy groups -OCH3 is 1. The molecule has 4 aromatic rings. The molecule has 0 spiro atoms. The molecule has 8 nitrogen and oxygen atoms in total. The molecule has 0 radical (unpaired) electrons. The molecule has 0 aliphatic rings. The summed E-state index contributed by atoms with van der Waals surface area (Å²) >= 11 is 3.43. The van der Waals surface area contributed by atoms with Gasteiger partial charge >= 0.3 is 5.69 Å². The van der Waals surface area contributed by atoms with Crippen molar-refractivity contribution in [2.24, 2.45) is 0 Å². The standard InChI is InChI=1S/C22H20BrN5O3/c1-13-4-9-18(17(23)10-13)25-21(29)12-27-22(30)28-14(2)24-19(11-20(28)26-27)15-5-7-16(31-3)8-6-15/h4-11H,12H2,1-3H3,(H,25,29). The predicted molar refractivity (Wildman–Crippen MR) is 121 cm³/mol. The molecule has 0 unspecified atom stereocenters. The van der Waals surface area contributed by atoms with E-state index >= 15 is 0 Å². The lowest BCUT2D eigenvalue weighted by molar-refractivity contribution is -0.117. The van der Waals surface area contributed by atoms with E-state index in [9.17, 15) is 9.59 Å². The van der Waals surface area contributed by atoms with E-state index in [0.717, 1.165) is 26.0 Å². The van der Waals surface area contributed by atoms with Crippen LogP contribution < -0.4 is 15.7 Å². The molecule has 1 amide bonds. The average molecular weight is 482 g/mol. The zero-order chi connectivity index (χ0) is 22.1. The number of benzene rings is 2. The van der Waals surface area contributed by atoms with Crippen molar-refractivity contribution in [2.45, 2.75) is 20.4 Å². The first kappa shape index (κ1) is 20.8. The van der Waals surface area contributed by atoms with E-state index in [1.807, 2.05) is 43.3 Å². The zero-order valence-electron chi connectivity index (χ0n) is 17.2. The number of carbonyl (C=O) groups is 1. The Morgan fingerprint density at radius 1 is 1.13 bits per heavy atom. The van der Waals surface area contributed by atoms with Gasteiger partial charge in [-0.2, -0.15) is 0 Å². The number of fused-ring (bicyclic) bond motifs is 1. The lowest BCUT2D eigenvalue weighted by Gasteiger charge is -2.07. The Hall–Kier alpha value is -3.46. The van der Waals surface area contributed by atoms with Gasteiger partial charge in [0.25, 0.3) is 0 Å². The Bertz CT molecular complexity index is 1340. The van der Waals surface area contributed by atoms with Gasteiger partial charge in [0.15, 0.2) is 5.65 Å². The summed E-state index contributed by atoms with van der Waals surface area (Å²) in [5.74, 6) is 0.880. The Kier molecular flexibility index (Phi) is 5.60. The lowest BCUT2D eigenvalue weighted by atomic mass is 10.1. The molecule has 1 N–H and O–H groups in total. The smallest absolute Gasteiger partial charge is 0.352 e. The topological polar surface area (TPSA) is 90.5 Å². The number of anilines is 1. The fourth-order valence-electron chi connectivity index (χ4n) is 3.26. The van der Waals surface area contributed by atoms with Crippen LogP contribution >= 0.6 is 15.9 Å². The van der Waals surface area contributed by atoms with E-state index in [-0.39, 0.29) is 12.5 Å². The SMILES string of the molecule is COc1ccc(-c2cc3nn(CC(=O)Nc4ccc(C)cc4Br)c(=O)n3c(C)n2)cc1. The van der Waals surface area contributed by atoms with Crippen LogP contribution in [0, 0.1) is 13.8 Å². The van der Waals surface area contributed by atoms with Crippen molar-refractivity contribution in [3.63, 3.8) is 0 Å². The minimum absolute atomic E-state index is 0.210. The summed E-state index contributed by atoms with van der Waals surface area (Å²) in [5, 5.41) is 7.14. The summed E-state index contributed by atoms with van der Waals surface area (Å²) in [5.41, 5.74) is 3.25. The van der Waals surface area contributed by atoms with E-state index in [0.29, 0.717) is 22.9 Å². The number of carbonyl (C=O) groups excluding carboxylic acids is 1. The first-order valence-electron chi connectivity index (χ1n) is 9.53. The Labute approximate surface area is 186 Å². The van der Waals surface area contributed by atoms with Crippen LogP contribution in [0.2, 0.25) is 0 Å². The Morgan fingerprint density at radius 3 is 2.55 bits per heavy atom. The molecule has 0 bridgehead atoms. The molecule has 158 valence electrons. The van der Waals surface area contributed by atoms with Crippen LogP contribution in [0.15, 0.2) is 57.8 Å². The van der Waals surface area contributed by atoms with Crippen LogP contribution in [0.3, 0.4) is 0 Å². The highest BCUT2D eigenvalue weighted by atomic mass is 79.9. The predicted octanol–water partition coefficient (Wildman–Crippen LogP) is 3.58. The van der Waals surface area contributed by atoms with Crippen molar-refractivity contribution < 1.29 is 9.53 Å². The number of amides is 1. The van der Waals surface area contributed by atoms with E-state index in [1.165, 1.54) is 4.40 Å². The van der Waals surface area contributed by atoms with Gasteiger partial charge in [-0.15, -0.1) is 5.10 Å². The van der Waals surface area contributed by atoms with Crippen LogP contribution in [0.4, 0.5) is 5.69 Å². The minimum Gasteiger partial charge on any atom is -0.497 e. The quantitative estimate of drug-likeness (QED) is 0.470. The van der Waals surface area contributed by atoms with E-state index in [4.69, 9.17) is 4.74 Å². The summed E-state index contributed by atoms with van der Waals surface area (Å²) < 4.78 is 8.49. The monoisotopic (exact) mass is 481 g/mol. The molecular weight excluding hydrogens is 462 g/mol. The maximum Gasteiger partial charge on any atom is 0.352 e. The number of rotatable bonds is 5. The maximum atomic E-state index is 12.8. The molecule has 2 aromatic carbocycles. The molecule has 0 saturated heterocycles. The highest BCUT2D eigenvalue weighted by molar-refractivity contribution is 9.10. The molecule has 0 saturated carbocycles. The van der Waals surface area contributed by atoms with Gasteiger partial charge in [0.2, 0.25) is 5.91 Å². The number of hydrogen-bond acceptors (Lipinski definition) is 5. The second-order valence-electron chi connectivity index (χ2n) is 7.08. The Morgan fingerprint density at radius 2 is 1.87 bits per heavy atom. The summed E-state index contributed by atoms with van der Waals surface area (Å²) in [4.78, 5) is 29.8. The second-order valence-corrected chi connectivity index (χ2v) is 7.94. The fourth-order valence-corrected chi connectivity index (χ4v) is 3.85. The highest BCUT2D eigenvalue weighted by Crippen LogP contribution is 2.24. The lowest BCUT2D eigenvalue weighted by Crippen LogP contribution is -2.29. The molecular formula is C22H20BrN5O3. The first-order valence-corrected chi connectivity index (χ1v) is 10.3. The van der Waals surface area contributed by atoms with Gasteiger partial charge < -0.3 is 10.1 Å². The fraction of sp³-hybridized carbons (Fsp3) is 0.182. The van der Waals surface area contributed by atoms with Gasteiger partial charge in [0.1, 0.15) is 18.1 Å². The zero-order valence-corrected chi connectivity index (χ0v) is 18.8. The van der Waals surface area contributed by atoms with E-state index in [1.54, 1.807) is 26.2 Å². The van der Waals surface area contributed by atoms with Gasteiger partial charge in [-0.25, -0.2) is 18.9 Å². The number of aromatic nitrogens is 4. The molecule has 2 heterocycles. The normalized spacial score (nSPS) is 11.0. The van der Waals surface area contributed by atoms with Crippen molar-refractivity contribution >= 4 is 33.2 Å². The second kappa shape index (κ2) is 8.35. The largest absolute Gasteiger partial charge is 0.497 e. The number of ether oxygens (including phenoxy) is 1.